The minimum atomic E-state index is -1.12. The van der Waals surface area contributed by atoms with Gasteiger partial charge in [-0.2, -0.15) is 0 Å². The summed E-state index contributed by atoms with van der Waals surface area (Å²) in [5.41, 5.74) is 3.42. The van der Waals surface area contributed by atoms with Crippen LogP contribution in [-0.4, -0.2) is 13.3 Å². The van der Waals surface area contributed by atoms with E-state index in [0.29, 0.717) is 0 Å². The highest BCUT2D eigenvalue weighted by Gasteiger charge is 2.13. The van der Waals surface area contributed by atoms with Crippen molar-refractivity contribution in [3.8, 4) is 10.8 Å². The van der Waals surface area contributed by atoms with Gasteiger partial charge in [0.05, 0.1) is 0 Å². The van der Waals surface area contributed by atoms with Gasteiger partial charge in [0.2, 0.25) is 0 Å². The lowest BCUT2D eigenvalue weighted by atomic mass is 10.0. The van der Waals surface area contributed by atoms with Gasteiger partial charge in [-0.25, -0.2) is 0 Å². The van der Waals surface area contributed by atoms with Crippen molar-refractivity contribution in [2.45, 2.75) is 57.0 Å². The quantitative estimate of drug-likeness (QED) is 0.469. The summed E-state index contributed by atoms with van der Waals surface area (Å²) in [5.74, 6) is 0. The van der Waals surface area contributed by atoms with E-state index in [2.05, 4.69) is 30.4 Å². The van der Waals surface area contributed by atoms with Crippen molar-refractivity contribution in [1.82, 2.24) is 0 Å². The predicted octanol–water partition coefficient (Wildman–Crippen LogP) is 3.89. The second-order valence-corrected chi connectivity index (χ2v) is 10.7. The molecule has 1 saturated carbocycles. The molecule has 0 heterocycles. The van der Waals surface area contributed by atoms with Crippen LogP contribution in [-0.2, 0) is 0 Å². The van der Waals surface area contributed by atoms with Crippen LogP contribution >= 0.6 is 11.8 Å². The minimum absolute atomic E-state index is 0.845. The largest absolute Gasteiger partial charge is 0.130 e. The molecule has 0 unspecified atom stereocenters. The Morgan fingerprint density at radius 3 is 2.23 bits per heavy atom. The molecule has 1 aliphatic rings. The second kappa shape index (κ2) is 5.12. The number of hydrogen-bond donors (Lipinski definition) is 0. The minimum Gasteiger partial charge on any atom is -0.120 e. The van der Waals surface area contributed by atoms with Gasteiger partial charge in [-0.15, -0.1) is 5.54 Å². The van der Waals surface area contributed by atoms with Gasteiger partial charge in [-0.1, -0.05) is 50.7 Å². The molecule has 0 spiro atoms. The third kappa shape index (κ3) is 5.44. The Bertz CT molecular complexity index is 200. The van der Waals surface area contributed by atoms with Gasteiger partial charge >= 0.3 is 0 Å². The first-order valence-electron chi connectivity index (χ1n) is 5.26. The molecule has 1 aliphatic carbocycles. The summed E-state index contributed by atoms with van der Waals surface area (Å²) >= 11 is 1.90. The lowest BCUT2D eigenvalue weighted by molar-refractivity contribution is 0.517. The van der Waals surface area contributed by atoms with Gasteiger partial charge in [-0.05, 0) is 18.1 Å². The first-order valence-corrected chi connectivity index (χ1v) is 9.64. The van der Waals surface area contributed by atoms with Crippen molar-refractivity contribution in [1.29, 1.82) is 0 Å². The normalized spacial score (nSPS) is 19.3. The van der Waals surface area contributed by atoms with Gasteiger partial charge in [0, 0.05) is 5.25 Å². The van der Waals surface area contributed by atoms with Crippen molar-refractivity contribution in [3.63, 3.8) is 0 Å². The Labute approximate surface area is 87.9 Å². The molecule has 2 heteroatoms. The van der Waals surface area contributed by atoms with Crippen LogP contribution in [0.5, 0.6) is 0 Å². The van der Waals surface area contributed by atoms with Gasteiger partial charge in [0.1, 0.15) is 8.07 Å². The average Bonchev–Trinajstić information content (AvgIpc) is 2.04. The fourth-order valence-corrected chi connectivity index (χ4v) is 3.65. The predicted molar refractivity (Wildman–Crippen MR) is 65.6 cm³/mol. The maximum absolute atomic E-state index is 3.42. The van der Waals surface area contributed by atoms with Crippen molar-refractivity contribution < 1.29 is 0 Å². The molecule has 0 aromatic heterocycles. The van der Waals surface area contributed by atoms with Crippen LogP contribution in [0.2, 0.25) is 19.6 Å². The Morgan fingerprint density at radius 1 is 1.08 bits per heavy atom. The summed E-state index contributed by atoms with van der Waals surface area (Å²) in [4.78, 5) is 0. The zero-order valence-electron chi connectivity index (χ0n) is 9.02. The third-order valence-electron chi connectivity index (χ3n) is 2.20. The summed E-state index contributed by atoms with van der Waals surface area (Å²) in [6.07, 6.45) is 7.08. The van der Waals surface area contributed by atoms with Crippen LogP contribution in [0, 0.1) is 10.8 Å². The maximum atomic E-state index is 3.42. The molecule has 1 rings (SSSR count). The van der Waals surface area contributed by atoms with Gasteiger partial charge in [-0.3, -0.25) is 0 Å². The van der Waals surface area contributed by atoms with Crippen LogP contribution in [0.25, 0.3) is 0 Å². The van der Waals surface area contributed by atoms with Crippen LogP contribution in [0.3, 0.4) is 0 Å². The highest BCUT2D eigenvalue weighted by molar-refractivity contribution is 8.04. The van der Waals surface area contributed by atoms with E-state index < -0.39 is 8.07 Å². The summed E-state index contributed by atoms with van der Waals surface area (Å²) in [5, 5.41) is 4.17. The molecule has 0 N–H and O–H groups in total. The Balaban J connectivity index is 2.27. The molecule has 1 fully saturated rings. The lowest BCUT2D eigenvalue weighted by Gasteiger charge is -2.18. The number of rotatable bonds is 1. The second-order valence-electron chi connectivity index (χ2n) is 4.85. The summed E-state index contributed by atoms with van der Waals surface area (Å²) < 4.78 is 0. The molecule has 0 radical (unpaired) electrons. The summed E-state index contributed by atoms with van der Waals surface area (Å²) in [7, 11) is -1.12. The molecule has 0 bridgehead atoms. The highest BCUT2D eigenvalue weighted by Crippen LogP contribution is 2.27. The van der Waals surface area contributed by atoms with Crippen molar-refractivity contribution >= 4 is 19.8 Å². The van der Waals surface area contributed by atoms with Crippen LogP contribution in [0.15, 0.2) is 0 Å². The summed E-state index contributed by atoms with van der Waals surface area (Å²) in [6, 6.07) is 0. The maximum Gasteiger partial charge on any atom is 0.130 e. The van der Waals surface area contributed by atoms with Crippen molar-refractivity contribution in [2.75, 3.05) is 0 Å². The first-order chi connectivity index (χ1) is 6.08. The smallest absolute Gasteiger partial charge is 0.120 e. The SMILES string of the molecule is C[Si](C)(C)C#CSC1CCCCC1. The molecular formula is C11H20SSi. The molecule has 0 aromatic carbocycles. The molecule has 13 heavy (non-hydrogen) atoms. The lowest BCUT2D eigenvalue weighted by Crippen LogP contribution is -2.16. The molecule has 0 saturated heterocycles. The van der Waals surface area contributed by atoms with Gasteiger partial charge in [0.25, 0.3) is 0 Å². The highest BCUT2D eigenvalue weighted by atomic mass is 32.2. The molecule has 0 nitrogen and oxygen atoms in total. The van der Waals surface area contributed by atoms with E-state index in [4.69, 9.17) is 0 Å². The van der Waals surface area contributed by atoms with E-state index in [-0.39, 0.29) is 0 Å². The monoisotopic (exact) mass is 212 g/mol. The first kappa shape index (κ1) is 11.2. The molecule has 0 aromatic rings. The topological polar surface area (TPSA) is 0 Å². The fourth-order valence-electron chi connectivity index (χ4n) is 1.45. The standard InChI is InChI=1S/C11H20SSi/c1-13(2,3)10-9-12-11-7-5-4-6-8-11/h11H,4-8H2,1-3H3. The van der Waals surface area contributed by atoms with E-state index in [9.17, 15) is 0 Å². The Hall–Kier alpha value is 0.127. The van der Waals surface area contributed by atoms with E-state index in [1.165, 1.54) is 32.1 Å². The molecule has 0 atom stereocenters. The summed E-state index contributed by atoms with van der Waals surface area (Å²) in [6.45, 7) is 6.92. The Morgan fingerprint density at radius 2 is 1.69 bits per heavy atom. The van der Waals surface area contributed by atoms with Crippen molar-refractivity contribution in [2.24, 2.45) is 0 Å². The molecule has 0 aliphatic heterocycles. The molecular weight excluding hydrogens is 192 g/mol. The van der Waals surface area contributed by atoms with E-state index in [0.717, 1.165) is 5.25 Å². The third-order valence-corrected chi connectivity index (χ3v) is 4.28. The van der Waals surface area contributed by atoms with E-state index in [1.54, 1.807) is 0 Å². The van der Waals surface area contributed by atoms with E-state index >= 15 is 0 Å². The van der Waals surface area contributed by atoms with Crippen LogP contribution in [0.1, 0.15) is 32.1 Å². The zero-order chi connectivity index (χ0) is 9.73. The van der Waals surface area contributed by atoms with Crippen LogP contribution in [0.4, 0.5) is 0 Å². The molecule has 0 amide bonds. The van der Waals surface area contributed by atoms with Gasteiger partial charge in [0.15, 0.2) is 0 Å². The van der Waals surface area contributed by atoms with Crippen molar-refractivity contribution in [3.05, 3.63) is 0 Å². The van der Waals surface area contributed by atoms with E-state index in [1.807, 2.05) is 11.8 Å². The Kier molecular flexibility index (Phi) is 4.41. The fraction of sp³-hybridized carbons (Fsp3) is 0.818. The van der Waals surface area contributed by atoms with Crippen LogP contribution < -0.4 is 0 Å². The van der Waals surface area contributed by atoms with Gasteiger partial charge < -0.3 is 0 Å². The molecule has 74 valence electrons. The zero-order valence-corrected chi connectivity index (χ0v) is 10.8. The number of thioether (sulfide) groups is 1. The number of hydrogen-bond acceptors (Lipinski definition) is 1. The average molecular weight is 212 g/mol.